The largest absolute Gasteiger partial charge is 0.309 e. The van der Waals surface area contributed by atoms with Gasteiger partial charge in [0.15, 0.2) is 0 Å². The second-order valence-corrected chi connectivity index (χ2v) is 7.28. The van der Waals surface area contributed by atoms with Crippen LogP contribution in [-0.2, 0) is 4.79 Å². The first-order chi connectivity index (χ1) is 10.4. The Morgan fingerprint density at radius 2 is 1.77 bits per heavy atom. The summed E-state index contributed by atoms with van der Waals surface area (Å²) in [6.07, 6.45) is 0. The van der Waals surface area contributed by atoms with Crippen molar-refractivity contribution in [1.29, 1.82) is 0 Å². The molecule has 0 amide bonds. The number of hydrogen-bond acceptors (Lipinski definition) is 3. The SMILES string of the molecule is CC(C)C(=O)[C@H](CN1C[C@@H](C)N[C@@H](C)C1)c1ccc(Cl)cc1. The molecule has 122 valence electrons. The van der Waals surface area contributed by atoms with Gasteiger partial charge >= 0.3 is 0 Å². The normalized spacial score (nSPS) is 24.5. The number of nitrogens with zero attached hydrogens (tertiary/aromatic N) is 1. The lowest BCUT2D eigenvalue weighted by Crippen LogP contribution is -2.55. The first-order valence-corrected chi connectivity index (χ1v) is 8.52. The number of rotatable bonds is 5. The van der Waals surface area contributed by atoms with E-state index in [-0.39, 0.29) is 11.8 Å². The van der Waals surface area contributed by atoms with E-state index in [1.807, 2.05) is 38.1 Å². The number of halogens is 1. The average molecular weight is 323 g/mol. The monoisotopic (exact) mass is 322 g/mol. The summed E-state index contributed by atoms with van der Waals surface area (Å²) >= 11 is 5.98. The predicted octanol–water partition coefficient (Wildman–Crippen LogP) is 3.33. The Labute approximate surface area is 139 Å². The Bertz CT molecular complexity index is 490. The van der Waals surface area contributed by atoms with E-state index in [2.05, 4.69) is 24.1 Å². The highest BCUT2D eigenvalue weighted by Crippen LogP contribution is 2.24. The molecule has 1 fully saturated rings. The molecule has 1 aliphatic heterocycles. The number of carbonyl (C=O) groups is 1. The van der Waals surface area contributed by atoms with Gasteiger partial charge in [-0.2, -0.15) is 0 Å². The molecule has 1 aromatic carbocycles. The summed E-state index contributed by atoms with van der Waals surface area (Å²) < 4.78 is 0. The number of ketones is 1. The number of hydrogen-bond donors (Lipinski definition) is 1. The maximum Gasteiger partial charge on any atom is 0.144 e. The van der Waals surface area contributed by atoms with Crippen LogP contribution in [0.5, 0.6) is 0 Å². The fourth-order valence-electron chi connectivity index (χ4n) is 3.30. The number of Topliss-reactive ketones (excluding diaryl/α,β-unsaturated/α-hetero) is 1. The van der Waals surface area contributed by atoms with Crippen LogP contribution < -0.4 is 5.32 Å². The smallest absolute Gasteiger partial charge is 0.144 e. The first-order valence-electron chi connectivity index (χ1n) is 8.14. The van der Waals surface area contributed by atoms with Gasteiger partial charge in [-0.1, -0.05) is 37.6 Å². The summed E-state index contributed by atoms with van der Waals surface area (Å²) in [7, 11) is 0. The van der Waals surface area contributed by atoms with Gasteiger partial charge in [0.2, 0.25) is 0 Å². The summed E-state index contributed by atoms with van der Waals surface area (Å²) in [4.78, 5) is 15.1. The van der Waals surface area contributed by atoms with Gasteiger partial charge in [-0.15, -0.1) is 0 Å². The zero-order valence-electron chi connectivity index (χ0n) is 14.0. The molecule has 0 saturated carbocycles. The minimum atomic E-state index is -0.0743. The molecule has 4 heteroatoms. The summed E-state index contributed by atoms with van der Waals surface area (Å²) in [5, 5.41) is 4.25. The van der Waals surface area contributed by atoms with Crippen LogP contribution in [0.25, 0.3) is 0 Å². The van der Waals surface area contributed by atoms with E-state index >= 15 is 0 Å². The molecule has 0 radical (unpaired) electrons. The number of benzene rings is 1. The van der Waals surface area contributed by atoms with Crippen LogP contribution in [0.1, 0.15) is 39.2 Å². The third kappa shape index (κ3) is 4.55. The highest BCUT2D eigenvalue weighted by molar-refractivity contribution is 6.30. The third-order valence-corrected chi connectivity index (χ3v) is 4.51. The van der Waals surface area contributed by atoms with Crippen LogP contribution in [0.2, 0.25) is 5.02 Å². The van der Waals surface area contributed by atoms with Crippen molar-refractivity contribution in [3.63, 3.8) is 0 Å². The van der Waals surface area contributed by atoms with Crippen LogP contribution in [-0.4, -0.2) is 42.4 Å². The van der Waals surface area contributed by atoms with E-state index in [9.17, 15) is 4.79 Å². The molecule has 1 heterocycles. The maximum absolute atomic E-state index is 12.7. The Kier molecular flexibility index (Phi) is 6.01. The molecule has 1 aromatic rings. The molecular weight excluding hydrogens is 296 g/mol. The fourth-order valence-corrected chi connectivity index (χ4v) is 3.43. The molecule has 1 aliphatic rings. The molecule has 0 bridgehead atoms. The summed E-state index contributed by atoms with van der Waals surface area (Å²) in [5.41, 5.74) is 1.07. The van der Waals surface area contributed by atoms with Crippen molar-refractivity contribution in [3.05, 3.63) is 34.9 Å². The molecule has 0 aliphatic carbocycles. The van der Waals surface area contributed by atoms with Gasteiger partial charge in [0.25, 0.3) is 0 Å². The van der Waals surface area contributed by atoms with Crippen molar-refractivity contribution in [1.82, 2.24) is 10.2 Å². The number of nitrogens with one attached hydrogen (secondary N) is 1. The quantitative estimate of drug-likeness (QED) is 0.902. The molecule has 1 N–H and O–H groups in total. The first kappa shape index (κ1) is 17.5. The van der Waals surface area contributed by atoms with Gasteiger partial charge < -0.3 is 5.32 Å². The molecule has 22 heavy (non-hydrogen) atoms. The van der Waals surface area contributed by atoms with Crippen LogP contribution in [0.4, 0.5) is 0 Å². The molecule has 2 rings (SSSR count). The maximum atomic E-state index is 12.7. The highest BCUT2D eigenvalue weighted by atomic mass is 35.5. The van der Waals surface area contributed by atoms with Gasteiger partial charge in [-0.3, -0.25) is 9.69 Å². The van der Waals surface area contributed by atoms with E-state index in [1.165, 1.54) is 0 Å². The molecular formula is C18H27ClN2O. The molecule has 3 nitrogen and oxygen atoms in total. The van der Waals surface area contributed by atoms with Crippen molar-refractivity contribution in [2.45, 2.75) is 45.7 Å². The minimum absolute atomic E-state index is 0.0402. The summed E-state index contributed by atoms with van der Waals surface area (Å²) in [6, 6.07) is 8.65. The van der Waals surface area contributed by atoms with Crippen molar-refractivity contribution in [3.8, 4) is 0 Å². The summed E-state index contributed by atoms with van der Waals surface area (Å²) in [5.74, 6) is 0.273. The second-order valence-electron chi connectivity index (χ2n) is 6.85. The Hall–Kier alpha value is -0.900. The van der Waals surface area contributed by atoms with Gasteiger partial charge in [-0.25, -0.2) is 0 Å². The van der Waals surface area contributed by atoms with E-state index in [0.717, 1.165) is 25.2 Å². The zero-order chi connectivity index (χ0) is 16.3. The van der Waals surface area contributed by atoms with Crippen molar-refractivity contribution >= 4 is 17.4 Å². The average Bonchev–Trinajstić information content (AvgIpc) is 2.44. The van der Waals surface area contributed by atoms with Crippen LogP contribution in [0, 0.1) is 5.92 Å². The van der Waals surface area contributed by atoms with Crippen LogP contribution in [0.3, 0.4) is 0 Å². The molecule has 0 spiro atoms. The Morgan fingerprint density at radius 3 is 2.27 bits per heavy atom. The lowest BCUT2D eigenvalue weighted by Gasteiger charge is -2.38. The van der Waals surface area contributed by atoms with Crippen molar-refractivity contribution in [2.75, 3.05) is 19.6 Å². The Balaban J connectivity index is 2.17. The fraction of sp³-hybridized carbons (Fsp3) is 0.611. The highest BCUT2D eigenvalue weighted by Gasteiger charge is 2.28. The van der Waals surface area contributed by atoms with E-state index in [4.69, 9.17) is 11.6 Å². The Morgan fingerprint density at radius 1 is 1.23 bits per heavy atom. The molecule has 1 saturated heterocycles. The summed E-state index contributed by atoms with van der Waals surface area (Å²) in [6.45, 7) is 11.1. The third-order valence-electron chi connectivity index (χ3n) is 4.26. The van der Waals surface area contributed by atoms with Gasteiger partial charge in [-0.05, 0) is 31.5 Å². The predicted molar refractivity (Wildman–Crippen MR) is 92.5 cm³/mol. The van der Waals surface area contributed by atoms with Gasteiger partial charge in [0, 0.05) is 42.7 Å². The standard InChI is InChI=1S/C18H27ClN2O/c1-12(2)18(22)17(15-5-7-16(19)8-6-15)11-21-9-13(3)20-14(4)10-21/h5-8,12-14,17,20H,9-11H2,1-4H3/t13-,14+,17-/m1/s1. The second kappa shape index (κ2) is 7.58. The van der Waals surface area contributed by atoms with Gasteiger partial charge in [0.05, 0.1) is 5.92 Å². The molecule has 0 unspecified atom stereocenters. The lowest BCUT2D eigenvalue weighted by atomic mass is 9.88. The zero-order valence-corrected chi connectivity index (χ0v) is 14.7. The van der Waals surface area contributed by atoms with E-state index in [0.29, 0.717) is 22.9 Å². The molecule has 0 aromatic heterocycles. The van der Waals surface area contributed by atoms with Gasteiger partial charge in [0.1, 0.15) is 5.78 Å². The topological polar surface area (TPSA) is 32.3 Å². The van der Waals surface area contributed by atoms with Crippen LogP contribution in [0.15, 0.2) is 24.3 Å². The minimum Gasteiger partial charge on any atom is -0.309 e. The lowest BCUT2D eigenvalue weighted by molar-refractivity contribution is -0.124. The van der Waals surface area contributed by atoms with E-state index in [1.54, 1.807) is 0 Å². The van der Waals surface area contributed by atoms with Crippen molar-refractivity contribution < 1.29 is 4.79 Å². The van der Waals surface area contributed by atoms with E-state index < -0.39 is 0 Å². The number of piperazine rings is 1. The van der Waals surface area contributed by atoms with Crippen LogP contribution >= 0.6 is 11.6 Å². The van der Waals surface area contributed by atoms with Crippen molar-refractivity contribution in [2.24, 2.45) is 5.92 Å². The number of carbonyl (C=O) groups excluding carboxylic acids is 1. The molecule has 3 atom stereocenters.